The topological polar surface area (TPSA) is 55.6 Å². The number of amides is 1. The molecule has 1 saturated heterocycles. The van der Waals surface area contributed by atoms with Crippen LogP contribution in [0.5, 0.6) is 0 Å². The molecule has 1 aliphatic heterocycles. The average molecular weight is 265 g/mol. The van der Waals surface area contributed by atoms with E-state index in [1.54, 1.807) is 7.11 Å². The van der Waals surface area contributed by atoms with E-state index in [2.05, 4.69) is 6.92 Å². The molecule has 2 N–H and O–H groups in total. The molecule has 4 nitrogen and oxygen atoms in total. The van der Waals surface area contributed by atoms with Gasteiger partial charge in [0.25, 0.3) is 0 Å². The smallest absolute Gasteiger partial charge is 0.239 e. The van der Waals surface area contributed by atoms with Gasteiger partial charge in [0.15, 0.2) is 0 Å². The molecule has 3 atom stereocenters. The summed E-state index contributed by atoms with van der Waals surface area (Å²) in [6, 6.07) is -0.383. The molecule has 1 heterocycles. The first-order valence-corrected chi connectivity index (χ1v) is 6.04. The van der Waals surface area contributed by atoms with Gasteiger partial charge in [0.2, 0.25) is 5.91 Å². The predicted molar refractivity (Wildman–Crippen MR) is 71.2 cm³/mol. The Kier molecular flexibility index (Phi) is 7.05. The van der Waals surface area contributed by atoms with E-state index in [0.29, 0.717) is 12.5 Å². The van der Waals surface area contributed by atoms with Gasteiger partial charge < -0.3 is 15.4 Å². The summed E-state index contributed by atoms with van der Waals surface area (Å²) in [5, 5.41) is 0. The number of hydrogen-bond acceptors (Lipinski definition) is 3. The van der Waals surface area contributed by atoms with Crippen LogP contribution >= 0.6 is 12.4 Å². The molecular weight excluding hydrogens is 240 g/mol. The van der Waals surface area contributed by atoms with Crippen LogP contribution in [0.1, 0.15) is 27.2 Å². The van der Waals surface area contributed by atoms with Gasteiger partial charge in [0.05, 0.1) is 12.1 Å². The molecule has 17 heavy (non-hydrogen) atoms. The Balaban J connectivity index is 0.00000256. The Bertz CT molecular complexity index is 249. The fourth-order valence-electron chi connectivity index (χ4n) is 2.04. The van der Waals surface area contributed by atoms with Gasteiger partial charge in [0, 0.05) is 20.2 Å². The number of piperidine rings is 1. The van der Waals surface area contributed by atoms with Crippen molar-refractivity contribution in [2.45, 2.75) is 39.3 Å². The molecule has 2 unspecified atom stereocenters. The zero-order chi connectivity index (χ0) is 12.3. The van der Waals surface area contributed by atoms with Gasteiger partial charge in [-0.1, -0.05) is 20.8 Å². The molecule has 0 saturated carbocycles. The number of nitrogens with zero attached hydrogens (tertiary/aromatic N) is 1. The number of halogens is 1. The van der Waals surface area contributed by atoms with Crippen LogP contribution in [0, 0.1) is 11.8 Å². The summed E-state index contributed by atoms with van der Waals surface area (Å²) in [6.45, 7) is 7.60. The van der Waals surface area contributed by atoms with Crippen LogP contribution in [-0.2, 0) is 9.53 Å². The Morgan fingerprint density at radius 1 is 1.47 bits per heavy atom. The quantitative estimate of drug-likeness (QED) is 0.835. The second-order valence-electron chi connectivity index (χ2n) is 5.09. The molecule has 0 aromatic rings. The van der Waals surface area contributed by atoms with Gasteiger partial charge in [0.1, 0.15) is 0 Å². The molecule has 102 valence electrons. The minimum Gasteiger partial charge on any atom is -0.379 e. The van der Waals surface area contributed by atoms with Crippen LogP contribution < -0.4 is 5.73 Å². The third-order valence-corrected chi connectivity index (χ3v) is 3.51. The summed E-state index contributed by atoms with van der Waals surface area (Å²) in [6.07, 6.45) is 1.15. The highest BCUT2D eigenvalue weighted by Gasteiger charge is 2.31. The zero-order valence-corrected chi connectivity index (χ0v) is 12.0. The molecule has 0 bridgehead atoms. The number of nitrogens with two attached hydrogens (primary N) is 1. The molecule has 1 fully saturated rings. The van der Waals surface area contributed by atoms with Crippen LogP contribution in [0.25, 0.3) is 0 Å². The van der Waals surface area contributed by atoms with E-state index < -0.39 is 0 Å². The Labute approximate surface area is 110 Å². The molecule has 1 rings (SSSR count). The molecule has 0 aromatic heterocycles. The number of ether oxygens (including phenoxy) is 1. The summed E-state index contributed by atoms with van der Waals surface area (Å²) < 4.78 is 5.39. The van der Waals surface area contributed by atoms with Gasteiger partial charge in [-0.2, -0.15) is 0 Å². The maximum Gasteiger partial charge on any atom is 0.239 e. The maximum absolute atomic E-state index is 12.1. The van der Waals surface area contributed by atoms with Crippen molar-refractivity contribution >= 4 is 18.3 Å². The van der Waals surface area contributed by atoms with Crippen LogP contribution in [0.15, 0.2) is 0 Å². The Hall–Kier alpha value is -0.320. The summed E-state index contributed by atoms with van der Waals surface area (Å²) in [7, 11) is 1.71. The first-order valence-electron chi connectivity index (χ1n) is 6.04. The number of carbonyl (C=O) groups is 1. The molecule has 0 aliphatic carbocycles. The lowest BCUT2D eigenvalue weighted by Gasteiger charge is -2.37. The minimum atomic E-state index is -0.383. The average Bonchev–Trinajstić information content (AvgIpc) is 2.27. The van der Waals surface area contributed by atoms with Crippen molar-refractivity contribution in [3.8, 4) is 0 Å². The summed E-state index contributed by atoms with van der Waals surface area (Å²) in [4.78, 5) is 13.9. The van der Waals surface area contributed by atoms with E-state index in [0.717, 1.165) is 13.0 Å². The van der Waals surface area contributed by atoms with E-state index in [1.165, 1.54) is 0 Å². The molecule has 1 aliphatic rings. The van der Waals surface area contributed by atoms with Crippen molar-refractivity contribution in [1.82, 2.24) is 4.90 Å². The van der Waals surface area contributed by atoms with Crippen LogP contribution in [0.3, 0.4) is 0 Å². The highest BCUT2D eigenvalue weighted by molar-refractivity contribution is 5.85. The van der Waals surface area contributed by atoms with Crippen molar-refractivity contribution in [3.05, 3.63) is 0 Å². The van der Waals surface area contributed by atoms with E-state index >= 15 is 0 Å². The highest BCUT2D eigenvalue weighted by atomic mass is 35.5. The molecule has 5 heteroatoms. The number of hydrogen-bond donors (Lipinski definition) is 1. The van der Waals surface area contributed by atoms with Gasteiger partial charge >= 0.3 is 0 Å². The third-order valence-electron chi connectivity index (χ3n) is 3.51. The SMILES string of the molecule is COC1CN(C(=O)[C@@H](N)C(C)C)CCC1C.Cl. The number of likely N-dealkylation sites (tertiary alicyclic amines) is 1. The molecule has 0 radical (unpaired) electrons. The van der Waals surface area contributed by atoms with Crippen LogP contribution in [0.2, 0.25) is 0 Å². The van der Waals surface area contributed by atoms with Crippen molar-refractivity contribution in [1.29, 1.82) is 0 Å². The molecule has 0 spiro atoms. The second kappa shape index (κ2) is 7.19. The minimum absolute atomic E-state index is 0. The summed E-state index contributed by atoms with van der Waals surface area (Å²) in [5.74, 6) is 0.765. The lowest BCUT2D eigenvalue weighted by atomic mass is 9.94. The number of rotatable bonds is 3. The van der Waals surface area contributed by atoms with E-state index in [-0.39, 0.29) is 36.4 Å². The van der Waals surface area contributed by atoms with Crippen LogP contribution in [-0.4, -0.2) is 43.2 Å². The predicted octanol–water partition coefficient (Wildman–Crippen LogP) is 1.27. The van der Waals surface area contributed by atoms with Crippen LogP contribution in [0.4, 0.5) is 0 Å². The number of carbonyl (C=O) groups excluding carboxylic acids is 1. The van der Waals surface area contributed by atoms with Gasteiger partial charge in [-0.25, -0.2) is 0 Å². The van der Waals surface area contributed by atoms with Crippen molar-refractivity contribution < 1.29 is 9.53 Å². The Morgan fingerprint density at radius 3 is 2.53 bits per heavy atom. The fraction of sp³-hybridized carbons (Fsp3) is 0.917. The van der Waals surface area contributed by atoms with Gasteiger partial charge in [-0.15, -0.1) is 12.4 Å². The van der Waals surface area contributed by atoms with E-state index in [9.17, 15) is 4.79 Å². The van der Waals surface area contributed by atoms with Crippen molar-refractivity contribution in [3.63, 3.8) is 0 Å². The third kappa shape index (κ3) is 4.12. The summed E-state index contributed by atoms with van der Waals surface area (Å²) >= 11 is 0. The highest BCUT2D eigenvalue weighted by Crippen LogP contribution is 2.20. The van der Waals surface area contributed by atoms with Crippen molar-refractivity contribution in [2.24, 2.45) is 17.6 Å². The van der Waals surface area contributed by atoms with Gasteiger partial charge in [-0.05, 0) is 18.3 Å². The first-order chi connectivity index (χ1) is 7.47. The summed E-state index contributed by atoms with van der Waals surface area (Å²) in [5.41, 5.74) is 5.88. The fourth-order valence-corrected chi connectivity index (χ4v) is 2.04. The maximum atomic E-state index is 12.1. The standard InChI is InChI=1S/C12H24N2O2.ClH/c1-8(2)11(13)12(15)14-6-5-9(3)10(7-14)16-4;/h8-11H,5-7,13H2,1-4H3;1H/t9?,10?,11-;/m0./s1. The lowest BCUT2D eigenvalue weighted by molar-refractivity contribution is -0.138. The number of methoxy groups -OCH3 is 1. The van der Waals surface area contributed by atoms with E-state index in [4.69, 9.17) is 10.5 Å². The van der Waals surface area contributed by atoms with Crippen molar-refractivity contribution in [2.75, 3.05) is 20.2 Å². The zero-order valence-electron chi connectivity index (χ0n) is 11.2. The lowest BCUT2D eigenvalue weighted by Crippen LogP contribution is -2.53. The Morgan fingerprint density at radius 2 is 2.06 bits per heavy atom. The molecular formula is C12H25ClN2O2. The second-order valence-corrected chi connectivity index (χ2v) is 5.09. The molecule has 0 aromatic carbocycles. The monoisotopic (exact) mass is 264 g/mol. The first kappa shape index (κ1) is 16.7. The van der Waals surface area contributed by atoms with Gasteiger partial charge in [-0.3, -0.25) is 4.79 Å². The normalized spacial score (nSPS) is 26.6. The molecule has 1 amide bonds. The van der Waals surface area contributed by atoms with E-state index in [1.807, 2.05) is 18.7 Å². The largest absolute Gasteiger partial charge is 0.379 e.